The van der Waals surface area contributed by atoms with Gasteiger partial charge in [0.15, 0.2) is 0 Å². The number of ether oxygens (including phenoxy) is 1. The molecule has 88 valence electrons. The van der Waals surface area contributed by atoms with E-state index in [0.29, 0.717) is 6.04 Å². The van der Waals surface area contributed by atoms with Crippen LogP contribution >= 0.6 is 0 Å². The van der Waals surface area contributed by atoms with Crippen LogP contribution in [0.4, 0.5) is 0 Å². The highest BCUT2D eigenvalue weighted by Gasteiger charge is 2.17. The number of aromatic nitrogens is 2. The van der Waals surface area contributed by atoms with Gasteiger partial charge in [0.05, 0.1) is 24.9 Å². The van der Waals surface area contributed by atoms with E-state index in [1.807, 2.05) is 23.0 Å². The van der Waals surface area contributed by atoms with E-state index in [0.717, 1.165) is 25.4 Å². The molecule has 2 aromatic rings. The van der Waals surface area contributed by atoms with Crippen LogP contribution in [-0.2, 0) is 11.3 Å². The second-order valence-corrected chi connectivity index (χ2v) is 4.19. The summed E-state index contributed by atoms with van der Waals surface area (Å²) in [4.78, 5) is 0. The van der Waals surface area contributed by atoms with Crippen LogP contribution < -0.4 is 5.32 Å². The van der Waals surface area contributed by atoms with Crippen LogP contribution in [0, 0.1) is 0 Å². The first-order valence-electron chi connectivity index (χ1n) is 5.82. The molecule has 1 fully saturated rings. The number of nitrogens with zero attached hydrogens (tertiary/aromatic N) is 2. The summed E-state index contributed by atoms with van der Waals surface area (Å²) in [6, 6.07) is 10.7. The summed E-state index contributed by atoms with van der Waals surface area (Å²) >= 11 is 0. The van der Waals surface area contributed by atoms with Crippen molar-refractivity contribution >= 4 is 0 Å². The summed E-state index contributed by atoms with van der Waals surface area (Å²) in [5.41, 5.74) is 2.38. The molecule has 1 N–H and O–H groups in total. The van der Waals surface area contributed by atoms with Crippen LogP contribution in [0.1, 0.15) is 5.56 Å². The molecule has 2 heterocycles. The van der Waals surface area contributed by atoms with E-state index in [-0.39, 0.29) is 0 Å². The quantitative estimate of drug-likeness (QED) is 0.860. The summed E-state index contributed by atoms with van der Waals surface area (Å²) in [5, 5.41) is 7.74. The van der Waals surface area contributed by atoms with Gasteiger partial charge in [-0.05, 0) is 17.7 Å². The van der Waals surface area contributed by atoms with Gasteiger partial charge in [-0.25, -0.2) is 4.68 Å². The Balaban J connectivity index is 1.78. The van der Waals surface area contributed by atoms with Gasteiger partial charge in [-0.1, -0.05) is 18.2 Å². The average molecular weight is 229 g/mol. The molecule has 4 nitrogen and oxygen atoms in total. The van der Waals surface area contributed by atoms with E-state index in [2.05, 4.69) is 28.6 Å². The smallest absolute Gasteiger partial charge is 0.0690 e. The van der Waals surface area contributed by atoms with Gasteiger partial charge in [-0.2, -0.15) is 5.10 Å². The highest BCUT2D eigenvalue weighted by atomic mass is 16.5. The topological polar surface area (TPSA) is 39.1 Å². The molecule has 1 saturated heterocycles. The van der Waals surface area contributed by atoms with E-state index in [1.165, 1.54) is 5.56 Å². The van der Waals surface area contributed by atoms with E-state index in [4.69, 9.17) is 4.74 Å². The van der Waals surface area contributed by atoms with Crippen molar-refractivity contribution in [3.63, 3.8) is 0 Å². The lowest BCUT2D eigenvalue weighted by Crippen LogP contribution is -2.45. The van der Waals surface area contributed by atoms with Gasteiger partial charge in [0.1, 0.15) is 0 Å². The van der Waals surface area contributed by atoms with Gasteiger partial charge in [0, 0.05) is 18.9 Å². The zero-order chi connectivity index (χ0) is 11.5. The Kier molecular flexibility index (Phi) is 2.90. The Hall–Kier alpha value is -1.65. The standard InChI is InChI=1S/C13H15N3O/c1-2-5-13(16-7-3-6-15-16)11(4-1)8-14-12-9-17-10-12/h1-7,12,14H,8-10H2. The molecular formula is C13H15N3O. The van der Waals surface area contributed by atoms with Crippen LogP contribution in [0.15, 0.2) is 42.7 Å². The van der Waals surface area contributed by atoms with Crippen molar-refractivity contribution in [1.82, 2.24) is 15.1 Å². The van der Waals surface area contributed by atoms with Gasteiger partial charge in [-0.3, -0.25) is 0 Å². The Bertz CT molecular complexity index is 477. The maximum Gasteiger partial charge on any atom is 0.0690 e. The molecule has 0 saturated carbocycles. The number of para-hydroxylation sites is 1. The van der Waals surface area contributed by atoms with Gasteiger partial charge >= 0.3 is 0 Å². The third-order valence-corrected chi connectivity index (χ3v) is 2.96. The molecule has 0 unspecified atom stereocenters. The van der Waals surface area contributed by atoms with Crippen LogP contribution in [0.3, 0.4) is 0 Å². The molecule has 3 rings (SSSR count). The molecule has 0 spiro atoms. The van der Waals surface area contributed by atoms with E-state index >= 15 is 0 Å². The SMILES string of the molecule is c1ccc(-n2cccn2)c(CNC2COC2)c1. The molecule has 1 aromatic carbocycles. The number of rotatable bonds is 4. The maximum atomic E-state index is 5.15. The fraction of sp³-hybridized carbons (Fsp3) is 0.308. The predicted molar refractivity (Wildman–Crippen MR) is 65.0 cm³/mol. The maximum absolute atomic E-state index is 5.15. The minimum atomic E-state index is 0.501. The Morgan fingerprint density at radius 2 is 2.18 bits per heavy atom. The summed E-state index contributed by atoms with van der Waals surface area (Å²) in [6.45, 7) is 2.50. The van der Waals surface area contributed by atoms with Crippen LogP contribution in [0.25, 0.3) is 5.69 Å². The Morgan fingerprint density at radius 1 is 1.29 bits per heavy atom. The molecule has 1 aliphatic rings. The largest absolute Gasteiger partial charge is 0.378 e. The Morgan fingerprint density at radius 3 is 2.88 bits per heavy atom. The molecule has 0 aliphatic carbocycles. The van der Waals surface area contributed by atoms with Crippen molar-refractivity contribution in [3.8, 4) is 5.69 Å². The highest BCUT2D eigenvalue weighted by molar-refractivity contribution is 5.40. The highest BCUT2D eigenvalue weighted by Crippen LogP contribution is 2.14. The predicted octanol–water partition coefficient (Wildman–Crippen LogP) is 1.36. The van der Waals surface area contributed by atoms with Gasteiger partial charge in [0.25, 0.3) is 0 Å². The van der Waals surface area contributed by atoms with E-state index in [1.54, 1.807) is 6.20 Å². The van der Waals surface area contributed by atoms with Crippen LogP contribution in [0.5, 0.6) is 0 Å². The average Bonchev–Trinajstić information content (AvgIpc) is 2.81. The van der Waals surface area contributed by atoms with E-state index < -0.39 is 0 Å². The zero-order valence-electron chi connectivity index (χ0n) is 9.54. The zero-order valence-corrected chi connectivity index (χ0v) is 9.54. The third-order valence-electron chi connectivity index (χ3n) is 2.96. The number of hydrogen-bond donors (Lipinski definition) is 1. The van der Waals surface area contributed by atoms with Gasteiger partial charge in [-0.15, -0.1) is 0 Å². The minimum Gasteiger partial charge on any atom is -0.378 e. The molecule has 1 aromatic heterocycles. The molecule has 17 heavy (non-hydrogen) atoms. The summed E-state index contributed by atoms with van der Waals surface area (Å²) in [6.07, 6.45) is 3.76. The first kappa shape index (κ1) is 10.5. The van der Waals surface area contributed by atoms with Crippen molar-refractivity contribution in [3.05, 3.63) is 48.3 Å². The van der Waals surface area contributed by atoms with Crippen LogP contribution in [0.2, 0.25) is 0 Å². The van der Waals surface area contributed by atoms with Crippen molar-refractivity contribution in [2.75, 3.05) is 13.2 Å². The Labute approximate surface area is 100 Å². The monoisotopic (exact) mass is 229 g/mol. The second kappa shape index (κ2) is 4.69. The number of nitrogens with one attached hydrogen (secondary N) is 1. The number of benzene rings is 1. The molecule has 0 atom stereocenters. The van der Waals surface area contributed by atoms with Crippen molar-refractivity contribution in [1.29, 1.82) is 0 Å². The molecule has 0 bridgehead atoms. The molecule has 0 radical (unpaired) electrons. The number of hydrogen-bond acceptors (Lipinski definition) is 3. The molecule has 1 aliphatic heterocycles. The molecule has 0 amide bonds. The van der Waals surface area contributed by atoms with Crippen molar-refractivity contribution < 1.29 is 4.74 Å². The summed E-state index contributed by atoms with van der Waals surface area (Å²) < 4.78 is 7.04. The lowest BCUT2D eigenvalue weighted by molar-refractivity contribution is -0.00578. The normalized spacial score (nSPS) is 15.8. The van der Waals surface area contributed by atoms with Crippen LogP contribution in [-0.4, -0.2) is 29.0 Å². The molecule has 4 heteroatoms. The third kappa shape index (κ3) is 2.23. The fourth-order valence-corrected chi connectivity index (χ4v) is 1.90. The minimum absolute atomic E-state index is 0.501. The van der Waals surface area contributed by atoms with Gasteiger partial charge < -0.3 is 10.1 Å². The van der Waals surface area contributed by atoms with E-state index in [9.17, 15) is 0 Å². The summed E-state index contributed by atoms with van der Waals surface area (Å²) in [5.74, 6) is 0. The van der Waals surface area contributed by atoms with Gasteiger partial charge in [0.2, 0.25) is 0 Å². The molecular weight excluding hydrogens is 214 g/mol. The fourth-order valence-electron chi connectivity index (χ4n) is 1.90. The van der Waals surface area contributed by atoms with Crippen molar-refractivity contribution in [2.45, 2.75) is 12.6 Å². The lowest BCUT2D eigenvalue weighted by Gasteiger charge is -2.27. The lowest BCUT2D eigenvalue weighted by atomic mass is 10.1. The second-order valence-electron chi connectivity index (χ2n) is 4.19. The first-order valence-corrected chi connectivity index (χ1v) is 5.82. The first-order chi connectivity index (χ1) is 8.43. The summed E-state index contributed by atoms with van der Waals surface area (Å²) in [7, 11) is 0. The van der Waals surface area contributed by atoms with Crippen molar-refractivity contribution in [2.24, 2.45) is 0 Å².